The average molecular weight is 182 g/mol. The van der Waals surface area contributed by atoms with Crippen LogP contribution in [0.4, 0.5) is 0 Å². The SMILES string of the molecule is C[C@H]1CCCc2cc(Cl)cnc21. The van der Waals surface area contributed by atoms with Gasteiger partial charge < -0.3 is 0 Å². The maximum atomic E-state index is 5.86. The monoisotopic (exact) mass is 181 g/mol. The summed E-state index contributed by atoms with van der Waals surface area (Å²) in [5.41, 5.74) is 2.60. The lowest BCUT2D eigenvalue weighted by Crippen LogP contribution is -2.08. The largest absolute Gasteiger partial charge is 0.259 e. The first-order chi connectivity index (χ1) is 5.77. The molecule has 0 fully saturated rings. The molecule has 2 rings (SSSR count). The Kier molecular flexibility index (Phi) is 2.05. The van der Waals surface area contributed by atoms with E-state index in [1.165, 1.54) is 24.1 Å². The molecule has 1 aliphatic carbocycles. The summed E-state index contributed by atoms with van der Waals surface area (Å²) in [6.07, 6.45) is 5.44. The Balaban J connectivity index is 2.46. The Labute approximate surface area is 77.8 Å². The summed E-state index contributed by atoms with van der Waals surface area (Å²) in [5.74, 6) is 0.617. The lowest BCUT2D eigenvalue weighted by molar-refractivity contribution is 0.573. The summed E-state index contributed by atoms with van der Waals surface area (Å²) in [7, 11) is 0. The molecule has 0 saturated heterocycles. The maximum Gasteiger partial charge on any atom is 0.0592 e. The standard InChI is InChI=1S/C10H12ClN/c1-7-3-2-4-8-5-9(11)6-12-10(7)8/h5-7H,2-4H2,1H3/t7-/m0/s1. The van der Waals surface area contributed by atoms with Crippen molar-refractivity contribution in [2.45, 2.75) is 32.1 Å². The van der Waals surface area contributed by atoms with Gasteiger partial charge in [0.25, 0.3) is 0 Å². The zero-order chi connectivity index (χ0) is 8.55. The molecule has 0 amide bonds. The fraction of sp³-hybridized carbons (Fsp3) is 0.500. The van der Waals surface area contributed by atoms with Gasteiger partial charge in [0.2, 0.25) is 0 Å². The van der Waals surface area contributed by atoms with Crippen LogP contribution >= 0.6 is 11.6 Å². The van der Waals surface area contributed by atoms with Gasteiger partial charge in [-0.1, -0.05) is 18.5 Å². The van der Waals surface area contributed by atoms with Crippen LogP contribution in [0.25, 0.3) is 0 Å². The minimum Gasteiger partial charge on any atom is -0.259 e. The molecule has 2 heteroatoms. The predicted octanol–water partition coefficient (Wildman–Crippen LogP) is 3.17. The Bertz CT molecular complexity index is 296. The molecule has 1 nitrogen and oxygen atoms in total. The third-order valence-electron chi connectivity index (χ3n) is 2.52. The second kappa shape index (κ2) is 3.06. The third-order valence-corrected chi connectivity index (χ3v) is 2.72. The van der Waals surface area contributed by atoms with Crippen molar-refractivity contribution in [3.05, 3.63) is 28.5 Å². The number of nitrogens with zero attached hydrogens (tertiary/aromatic N) is 1. The first-order valence-electron chi connectivity index (χ1n) is 4.41. The highest BCUT2D eigenvalue weighted by molar-refractivity contribution is 6.30. The van der Waals surface area contributed by atoms with E-state index >= 15 is 0 Å². The molecule has 64 valence electrons. The normalized spacial score (nSPS) is 22.0. The molecule has 0 unspecified atom stereocenters. The second-order valence-corrected chi connectivity index (χ2v) is 3.93. The van der Waals surface area contributed by atoms with Gasteiger partial charge in [-0.2, -0.15) is 0 Å². The number of aromatic nitrogens is 1. The Morgan fingerprint density at radius 2 is 2.42 bits per heavy atom. The van der Waals surface area contributed by atoms with Crippen molar-refractivity contribution in [3.63, 3.8) is 0 Å². The van der Waals surface area contributed by atoms with Crippen molar-refractivity contribution in [1.82, 2.24) is 4.98 Å². The quantitative estimate of drug-likeness (QED) is 0.599. The Morgan fingerprint density at radius 3 is 3.25 bits per heavy atom. The first kappa shape index (κ1) is 8.06. The number of rotatable bonds is 0. The molecule has 1 aliphatic rings. The van der Waals surface area contributed by atoms with Crippen LogP contribution < -0.4 is 0 Å². The molecular weight excluding hydrogens is 170 g/mol. The maximum absolute atomic E-state index is 5.86. The van der Waals surface area contributed by atoms with Crippen LogP contribution in [-0.2, 0) is 6.42 Å². The van der Waals surface area contributed by atoms with Crippen molar-refractivity contribution in [3.8, 4) is 0 Å². The van der Waals surface area contributed by atoms with Gasteiger partial charge in [-0.3, -0.25) is 4.98 Å². The van der Waals surface area contributed by atoms with Gasteiger partial charge in [-0.15, -0.1) is 0 Å². The van der Waals surface area contributed by atoms with E-state index in [1.54, 1.807) is 6.20 Å². The van der Waals surface area contributed by atoms with Crippen LogP contribution in [-0.4, -0.2) is 4.98 Å². The van der Waals surface area contributed by atoms with Crippen molar-refractivity contribution in [1.29, 1.82) is 0 Å². The van der Waals surface area contributed by atoms with Gasteiger partial charge >= 0.3 is 0 Å². The van der Waals surface area contributed by atoms with Crippen molar-refractivity contribution in [2.24, 2.45) is 0 Å². The number of halogens is 1. The molecular formula is C10H12ClN. The van der Waals surface area contributed by atoms with E-state index in [4.69, 9.17) is 11.6 Å². The molecule has 0 aliphatic heterocycles. The van der Waals surface area contributed by atoms with Gasteiger partial charge in [0.1, 0.15) is 0 Å². The van der Waals surface area contributed by atoms with Gasteiger partial charge in [-0.05, 0) is 36.8 Å². The van der Waals surface area contributed by atoms with Crippen molar-refractivity contribution < 1.29 is 0 Å². The number of aryl methyl sites for hydroxylation is 1. The van der Waals surface area contributed by atoms with E-state index in [1.807, 2.05) is 0 Å². The highest BCUT2D eigenvalue weighted by Gasteiger charge is 2.17. The lowest BCUT2D eigenvalue weighted by atomic mass is 9.88. The molecule has 0 bridgehead atoms. The predicted molar refractivity (Wildman–Crippen MR) is 50.6 cm³/mol. The third kappa shape index (κ3) is 1.34. The highest BCUT2D eigenvalue weighted by atomic mass is 35.5. The van der Waals surface area contributed by atoms with Crippen LogP contribution in [0.5, 0.6) is 0 Å². The number of hydrogen-bond acceptors (Lipinski definition) is 1. The number of pyridine rings is 1. The fourth-order valence-electron chi connectivity index (χ4n) is 1.87. The molecule has 1 aromatic heterocycles. The van der Waals surface area contributed by atoms with E-state index < -0.39 is 0 Å². The molecule has 0 radical (unpaired) electrons. The highest BCUT2D eigenvalue weighted by Crippen LogP contribution is 2.30. The average Bonchev–Trinajstić information content (AvgIpc) is 2.04. The zero-order valence-corrected chi connectivity index (χ0v) is 7.93. The minimum atomic E-state index is 0.617. The van der Waals surface area contributed by atoms with Gasteiger partial charge in [0, 0.05) is 11.9 Å². The molecule has 0 aromatic carbocycles. The second-order valence-electron chi connectivity index (χ2n) is 3.49. The summed E-state index contributed by atoms with van der Waals surface area (Å²) in [4.78, 5) is 4.37. The van der Waals surface area contributed by atoms with Crippen molar-refractivity contribution in [2.75, 3.05) is 0 Å². The summed E-state index contributed by atoms with van der Waals surface area (Å²) < 4.78 is 0. The minimum absolute atomic E-state index is 0.617. The molecule has 1 atom stereocenters. The van der Waals surface area contributed by atoms with E-state index in [9.17, 15) is 0 Å². The van der Waals surface area contributed by atoms with Crippen LogP contribution in [0.15, 0.2) is 12.3 Å². The molecule has 1 aromatic rings. The Hall–Kier alpha value is -0.560. The van der Waals surface area contributed by atoms with E-state index in [0.29, 0.717) is 5.92 Å². The number of hydrogen-bond donors (Lipinski definition) is 0. The topological polar surface area (TPSA) is 12.9 Å². The number of fused-ring (bicyclic) bond motifs is 1. The van der Waals surface area contributed by atoms with Gasteiger partial charge in [0.15, 0.2) is 0 Å². The molecule has 12 heavy (non-hydrogen) atoms. The van der Waals surface area contributed by atoms with Gasteiger partial charge in [-0.25, -0.2) is 0 Å². The summed E-state index contributed by atoms with van der Waals surface area (Å²) in [5, 5.41) is 0.767. The first-order valence-corrected chi connectivity index (χ1v) is 4.79. The van der Waals surface area contributed by atoms with Crippen LogP contribution in [0.2, 0.25) is 5.02 Å². The van der Waals surface area contributed by atoms with Crippen LogP contribution in [0.1, 0.15) is 36.9 Å². The summed E-state index contributed by atoms with van der Waals surface area (Å²) in [6.45, 7) is 2.24. The summed E-state index contributed by atoms with van der Waals surface area (Å²) in [6, 6.07) is 2.06. The van der Waals surface area contributed by atoms with Gasteiger partial charge in [0.05, 0.1) is 5.02 Å². The molecule has 0 spiro atoms. The lowest BCUT2D eigenvalue weighted by Gasteiger charge is -2.20. The smallest absolute Gasteiger partial charge is 0.0592 e. The van der Waals surface area contributed by atoms with E-state index in [0.717, 1.165) is 11.4 Å². The molecule has 0 N–H and O–H groups in total. The summed E-state index contributed by atoms with van der Waals surface area (Å²) >= 11 is 5.86. The molecule has 1 heterocycles. The molecule has 0 saturated carbocycles. The Morgan fingerprint density at radius 1 is 1.58 bits per heavy atom. The fourth-order valence-corrected chi connectivity index (χ4v) is 2.05. The zero-order valence-electron chi connectivity index (χ0n) is 7.18. The van der Waals surface area contributed by atoms with E-state index in [2.05, 4.69) is 18.0 Å². The van der Waals surface area contributed by atoms with Crippen molar-refractivity contribution >= 4 is 11.6 Å². The van der Waals surface area contributed by atoms with E-state index in [-0.39, 0.29) is 0 Å². The van der Waals surface area contributed by atoms with Crippen LogP contribution in [0.3, 0.4) is 0 Å². The van der Waals surface area contributed by atoms with Crippen LogP contribution in [0, 0.1) is 0 Å².